The van der Waals surface area contributed by atoms with Gasteiger partial charge >= 0.3 is 0 Å². The molecule has 38 heavy (non-hydrogen) atoms. The third-order valence-electron chi connectivity index (χ3n) is 7.10. The van der Waals surface area contributed by atoms with Crippen molar-refractivity contribution in [3.63, 3.8) is 0 Å². The molecule has 188 valence electrons. The first-order valence-electron chi connectivity index (χ1n) is 12.9. The Hall–Kier alpha value is -4.64. The van der Waals surface area contributed by atoms with E-state index < -0.39 is 5.78 Å². The van der Waals surface area contributed by atoms with Crippen LogP contribution in [-0.2, 0) is 29.1 Å². The molecule has 0 saturated heterocycles. The van der Waals surface area contributed by atoms with Crippen molar-refractivity contribution in [3.05, 3.63) is 114 Å². The maximum atomic E-state index is 12.0. The van der Waals surface area contributed by atoms with E-state index in [4.69, 9.17) is 4.74 Å². The molecule has 5 nitrogen and oxygen atoms in total. The number of aryl methyl sites for hydroxylation is 1. The second-order valence-corrected chi connectivity index (χ2v) is 9.60. The molecule has 0 saturated carbocycles. The van der Waals surface area contributed by atoms with Gasteiger partial charge in [0.25, 0.3) is 0 Å². The van der Waals surface area contributed by atoms with Crippen LogP contribution in [0.4, 0.5) is 0 Å². The van der Waals surface area contributed by atoms with Crippen LogP contribution in [-0.4, -0.2) is 27.8 Å². The third kappa shape index (κ3) is 4.59. The molecule has 0 bridgehead atoms. The molecule has 0 radical (unpaired) electrons. The summed E-state index contributed by atoms with van der Waals surface area (Å²) in [5, 5.41) is 3.48. The number of ether oxygens (including phenoxy) is 1. The molecule has 0 aliphatic carbocycles. The quantitative estimate of drug-likeness (QED) is 0.121. The predicted molar refractivity (Wildman–Crippen MR) is 152 cm³/mol. The van der Waals surface area contributed by atoms with E-state index in [0.29, 0.717) is 19.4 Å². The zero-order valence-electron chi connectivity index (χ0n) is 21.0. The minimum absolute atomic E-state index is 0.0824. The molecule has 4 aromatic carbocycles. The monoisotopic (exact) mass is 500 g/mol. The molecule has 0 amide bonds. The standard InChI is InChI=1S/C33H28N2O3/c36-23-26(37)19-25-22-34(21-24-9-2-1-3-10-24)31-16-15-27(20-30(25)31)38-18-8-17-35-32-13-6-4-11-28(32)29-12-5-7-14-33(29)35/h1-7,9-16,20,22-23H,8,17-19,21H2. The third-order valence-corrected chi connectivity index (χ3v) is 7.10. The summed E-state index contributed by atoms with van der Waals surface area (Å²) in [6.45, 7) is 2.11. The Morgan fingerprint density at radius 2 is 1.45 bits per heavy atom. The van der Waals surface area contributed by atoms with Crippen molar-refractivity contribution in [2.45, 2.75) is 25.9 Å². The number of carbonyl (C=O) groups is 2. The number of rotatable bonds is 10. The molecule has 0 fully saturated rings. The number of Topliss-reactive ketones (excluding diaryl/α,β-unsaturated/α-hetero) is 1. The van der Waals surface area contributed by atoms with Gasteiger partial charge in [-0.1, -0.05) is 66.7 Å². The van der Waals surface area contributed by atoms with Crippen LogP contribution in [0, 0.1) is 0 Å². The van der Waals surface area contributed by atoms with Gasteiger partial charge in [-0.3, -0.25) is 9.59 Å². The number of aldehydes is 1. The number of benzene rings is 4. The average molecular weight is 501 g/mol. The van der Waals surface area contributed by atoms with E-state index >= 15 is 0 Å². The summed E-state index contributed by atoms with van der Waals surface area (Å²) >= 11 is 0. The van der Waals surface area contributed by atoms with Crippen molar-refractivity contribution < 1.29 is 14.3 Å². The number of ketones is 1. The van der Waals surface area contributed by atoms with Crippen LogP contribution in [0.25, 0.3) is 32.7 Å². The van der Waals surface area contributed by atoms with E-state index in [9.17, 15) is 9.59 Å². The fraction of sp³-hybridized carbons (Fsp3) is 0.152. The molecule has 0 aliphatic heterocycles. The van der Waals surface area contributed by atoms with Crippen LogP contribution in [0.2, 0.25) is 0 Å². The van der Waals surface area contributed by atoms with E-state index in [0.717, 1.165) is 35.2 Å². The second kappa shape index (κ2) is 10.4. The van der Waals surface area contributed by atoms with Gasteiger partial charge in [-0.25, -0.2) is 0 Å². The molecule has 0 N–H and O–H groups in total. The molecule has 5 heteroatoms. The second-order valence-electron chi connectivity index (χ2n) is 9.60. The average Bonchev–Trinajstić information content (AvgIpc) is 3.46. The van der Waals surface area contributed by atoms with E-state index in [1.54, 1.807) is 0 Å². The maximum Gasteiger partial charge on any atom is 0.199 e. The summed E-state index contributed by atoms with van der Waals surface area (Å²) in [7, 11) is 0. The SMILES string of the molecule is O=CC(=O)Cc1cn(Cc2ccccc2)c2ccc(OCCCn3c4ccccc4c4ccccc43)cc12. The summed E-state index contributed by atoms with van der Waals surface area (Å²) in [6, 6.07) is 33.2. The Morgan fingerprint density at radius 1 is 0.763 bits per heavy atom. The number of hydrogen-bond donors (Lipinski definition) is 0. The lowest BCUT2D eigenvalue weighted by Crippen LogP contribution is -2.04. The van der Waals surface area contributed by atoms with Crippen molar-refractivity contribution in [2.24, 2.45) is 0 Å². The van der Waals surface area contributed by atoms with Crippen molar-refractivity contribution in [3.8, 4) is 5.75 Å². The topological polar surface area (TPSA) is 53.2 Å². The maximum absolute atomic E-state index is 12.0. The summed E-state index contributed by atoms with van der Waals surface area (Å²) in [5.41, 5.74) is 5.49. The van der Waals surface area contributed by atoms with Crippen LogP contribution < -0.4 is 4.74 Å². The smallest absolute Gasteiger partial charge is 0.199 e. The summed E-state index contributed by atoms with van der Waals surface area (Å²) < 4.78 is 10.7. The Morgan fingerprint density at radius 3 is 2.16 bits per heavy atom. The van der Waals surface area contributed by atoms with E-state index in [-0.39, 0.29) is 6.42 Å². The fourth-order valence-electron chi connectivity index (χ4n) is 5.38. The lowest BCUT2D eigenvalue weighted by atomic mass is 10.1. The highest BCUT2D eigenvalue weighted by Gasteiger charge is 2.14. The zero-order chi connectivity index (χ0) is 25.9. The molecule has 6 rings (SSSR count). The Bertz CT molecular complexity index is 1710. The van der Waals surface area contributed by atoms with Gasteiger partial charge in [-0.05, 0) is 47.9 Å². The Labute approximate surface area is 220 Å². The first-order valence-corrected chi connectivity index (χ1v) is 12.9. The van der Waals surface area contributed by atoms with Crippen LogP contribution >= 0.6 is 0 Å². The zero-order valence-corrected chi connectivity index (χ0v) is 21.0. The molecule has 0 spiro atoms. The van der Waals surface area contributed by atoms with Gasteiger partial charge in [-0.2, -0.15) is 0 Å². The number of aromatic nitrogens is 2. The lowest BCUT2D eigenvalue weighted by molar-refractivity contribution is -0.129. The highest BCUT2D eigenvalue weighted by molar-refractivity contribution is 6.26. The van der Waals surface area contributed by atoms with Crippen LogP contribution in [0.5, 0.6) is 5.75 Å². The van der Waals surface area contributed by atoms with Crippen LogP contribution in [0.15, 0.2) is 103 Å². The van der Waals surface area contributed by atoms with Crippen molar-refractivity contribution >= 4 is 44.8 Å². The lowest BCUT2D eigenvalue weighted by Gasteiger charge is -2.10. The van der Waals surface area contributed by atoms with E-state index in [1.807, 2.05) is 42.6 Å². The van der Waals surface area contributed by atoms with Gasteiger partial charge in [0, 0.05) is 58.4 Å². The number of para-hydroxylation sites is 2. The molecule has 6 aromatic rings. The first kappa shape index (κ1) is 23.7. The highest BCUT2D eigenvalue weighted by atomic mass is 16.5. The fourth-order valence-corrected chi connectivity index (χ4v) is 5.38. The number of hydrogen-bond acceptors (Lipinski definition) is 3. The summed E-state index contributed by atoms with van der Waals surface area (Å²) in [6.07, 6.45) is 3.31. The van der Waals surface area contributed by atoms with E-state index in [1.165, 1.54) is 27.4 Å². The minimum Gasteiger partial charge on any atom is -0.494 e. The molecular weight excluding hydrogens is 472 g/mol. The highest BCUT2D eigenvalue weighted by Crippen LogP contribution is 2.30. The summed E-state index contributed by atoms with van der Waals surface area (Å²) in [4.78, 5) is 23.0. The largest absolute Gasteiger partial charge is 0.494 e. The van der Waals surface area contributed by atoms with Crippen LogP contribution in [0.1, 0.15) is 17.5 Å². The van der Waals surface area contributed by atoms with Crippen LogP contribution in [0.3, 0.4) is 0 Å². The van der Waals surface area contributed by atoms with Crippen molar-refractivity contribution in [1.82, 2.24) is 9.13 Å². The number of nitrogens with zero attached hydrogens (tertiary/aromatic N) is 2. The molecule has 2 aromatic heterocycles. The molecule has 2 heterocycles. The minimum atomic E-state index is -0.429. The first-order chi connectivity index (χ1) is 18.7. The van der Waals surface area contributed by atoms with Gasteiger partial charge in [0.1, 0.15) is 5.75 Å². The Kier molecular flexibility index (Phi) is 6.49. The van der Waals surface area contributed by atoms with E-state index in [2.05, 4.69) is 69.8 Å². The molecule has 0 atom stereocenters. The molecule has 0 aliphatic rings. The van der Waals surface area contributed by atoms with Gasteiger partial charge in [-0.15, -0.1) is 0 Å². The summed E-state index contributed by atoms with van der Waals surface area (Å²) in [5.74, 6) is 0.332. The Balaban J connectivity index is 1.21. The van der Waals surface area contributed by atoms with Crippen molar-refractivity contribution in [1.29, 1.82) is 0 Å². The van der Waals surface area contributed by atoms with Crippen molar-refractivity contribution in [2.75, 3.05) is 6.61 Å². The number of carbonyl (C=O) groups excluding carboxylic acids is 2. The van der Waals surface area contributed by atoms with Gasteiger partial charge in [0.2, 0.25) is 0 Å². The van der Waals surface area contributed by atoms with Gasteiger partial charge < -0.3 is 13.9 Å². The van der Waals surface area contributed by atoms with Gasteiger partial charge in [0.05, 0.1) is 6.61 Å². The van der Waals surface area contributed by atoms with Gasteiger partial charge in [0.15, 0.2) is 12.1 Å². The molecular formula is C33H28N2O3. The predicted octanol–water partition coefficient (Wildman–Crippen LogP) is 6.58. The molecule has 0 unspecified atom stereocenters. The number of fused-ring (bicyclic) bond motifs is 4. The normalized spacial score (nSPS) is 11.4.